The number of nitrogens with zero attached hydrogens (tertiary/aromatic N) is 1. The normalized spacial score (nSPS) is 13.2. The van der Waals surface area contributed by atoms with E-state index in [4.69, 9.17) is 4.74 Å². The van der Waals surface area contributed by atoms with Crippen molar-refractivity contribution < 1.29 is 66.0 Å². The first kappa shape index (κ1) is 22.0. The monoisotopic (exact) mass is 415 g/mol. The molecule has 4 nitrogen and oxygen atoms in total. The molecule has 122 valence electrons. The van der Waals surface area contributed by atoms with Gasteiger partial charge < -0.3 is 14.6 Å². The zero-order valence-electron chi connectivity index (χ0n) is 14.1. The Labute approximate surface area is 193 Å². The zero-order chi connectivity index (χ0) is 16.8. The fourth-order valence-corrected chi connectivity index (χ4v) is 2.58. The van der Waals surface area contributed by atoms with Crippen LogP contribution in [0.4, 0.5) is 0 Å². The van der Waals surface area contributed by atoms with E-state index < -0.39 is 18.2 Å². The van der Waals surface area contributed by atoms with E-state index in [0.29, 0.717) is 6.42 Å². The molecule has 0 N–H and O–H groups in total. The molecule has 24 heavy (non-hydrogen) atoms. The van der Waals surface area contributed by atoms with Gasteiger partial charge in [-0.15, -0.1) is 0 Å². The fourth-order valence-electron chi connectivity index (χ4n) is 2.32. The summed E-state index contributed by atoms with van der Waals surface area (Å²) in [6.07, 6.45) is 2.29. The second-order valence-electron chi connectivity index (χ2n) is 5.79. The van der Waals surface area contributed by atoms with Crippen LogP contribution >= 0.6 is 15.9 Å². The molecule has 2 rings (SSSR count). The molecule has 0 bridgehead atoms. The van der Waals surface area contributed by atoms with Crippen molar-refractivity contribution in [2.75, 3.05) is 0 Å². The average Bonchev–Trinajstić information content (AvgIpc) is 2.53. The minimum Gasteiger partial charge on any atom is -0.547 e. The Kier molecular flexibility index (Phi) is 9.89. The van der Waals surface area contributed by atoms with Gasteiger partial charge in [0.1, 0.15) is 6.10 Å². The molecular weight excluding hydrogens is 397 g/mol. The van der Waals surface area contributed by atoms with E-state index >= 15 is 0 Å². The number of hydrogen-bond donors (Lipinski definition) is 0. The number of carbonyl (C=O) groups is 1. The number of aromatic nitrogens is 1. The van der Waals surface area contributed by atoms with Crippen LogP contribution in [0.2, 0.25) is 0 Å². The third-order valence-corrected chi connectivity index (χ3v) is 3.94. The first-order valence-electron chi connectivity index (χ1n) is 7.49. The molecule has 0 saturated heterocycles. The van der Waals surface area contributed by atoms with Crippen LogP contribution < -0.4 is 56.5 Å². The molecule has 1 aromatic heterocycles. The first-order chi connectivity index (χ1) is 11.0. The van der Waals surface area contributed by atoms with Crippen LogP contribution in [0.15, 0.2) is 53.3 Å². The molecule has 0 radical (unpaired) electrons. The van der Waals surface area contributed by atoms with Gasteiger partial charge in [0.15, 0.2) is 0 Å². The number of ether oxygens (including phenoxy) is 1. The van der Waals surface area contributed by atoms with Gasteiger partial charge in [0.05, 0.1) is 12.1 Å². The van der Waals surface area contributed by atoms with Gasteiger partial charge in [-0.1, -0.05) is 48.0 Å². The number of carbonyl (C=O) groups excluding carboxylic acids is 1. The second-order valence-corrected chi connectivity index (χ2v) is 6.71. The van der Waals surface area contributed by atoms with Crippen molar-refractivity contribution in [3.63, 3.8) is 0 Å². The number of pyridine rings is 1. The summed E-state index contributed by atoms with van der Waals surface area (Å²) in [5, 5.41) is 11.4. The van der Waals surface area contributed by atoms with Crippen molar-refractivity contribution in [1.82, 2.24) is 4.98 Å². The molecule has 0 amide bonds. The van der Waals surface area contributed by atoms with Gasteiger partial charge in [-0.05, 0) is 36.1 Å². The molecule has 0 aliphatic heterocycles. The fraction of sp³-hybridized carbons (Fsp3) is 0.333. The van der Waals surface area contributed by atoms with Crippen molar-refractivity contribution in [2.45, 2.75) is 32.5 Å². The summed E-state index contributed by atoms with van der Waals surface area (Å²) in [6, 6.07) is 11.3. The minimum absolute atomic E-state index is 0. The van der Waals surface area contributed by atoms with Crippen molar-refractivity contribution in [1.29, 1.82) is 0 Å². The van der Waals surface area contributed by atoms with Crippen molar-refractivity contribution in [2.24, 2.45) is 5.92 Å². The van der Waals surface area contributed by atoms with Crippen LogP contribution in [0.3, 0.4) is 0 Å². The van der Waals surface area contributed by atoms with Crippen molar-refractivity contribution >= 4 is 21.9 Å². The van der Waals surface area contributed by atoms with Crippen LogP contribution in [-0.4, -0.2) is 17.1 Å². The average molecular weight is 416 g/mol. The van der Waals surface area contributed by atoms with Crippen molar-refractivity contribution in [3.05, 3.63) is 64.4 Å². The SMILES string of the molecule is CC(C)CC(OC(c1ccc(Br)cc1)c1cccnc1)C(=O)[O-].[K+]. The predicted molar refractivity (Wildman–Crippen MR) is 89.6 cm³/mol. The van der Waals surface area contributed by atoms with E-state index in [1.54, 1.807) is 18.5 Å². The van der Waals surface area contributed by atoms with Gasteiger partial charge in [-0.2, -0.15) is 0 Å². The van der Waals surface area contributed by atoms with Crippen LogP contribution in [0, 0.1) is 5.92 Å². The molecule has 1 heterocycles. The Hall–Kier alpha value is -0.0836. The topological polar surface area (TPSA) is 62.2 Å². The molecule has 0 saturated carbocycles. The minimum atomic E-state index is -1.19. The van der Waals surface area contributed by atoms with Crippen LogP contribution in [0.5, 0.6) is 0 Å². The van der Waals surface area contributed by atoms with E-state index in [1.807, 2.05) is 44.2 Å². The summed E-state index contributed by atoms with van der Waals surface area (Å²) >= 11 is 3.40. The Morgan fingerprint density at radius 1 is 1.21 bits per heavy atom. The zero-order valence-corrected chi connectivity index (χ0v) is 18.8. The van der Waals surface area contributed by atoms with Crippen LogP contribution in [-0.2, 0) is 9.53 Å². The third kappa shape index (κ3) is 6.67. The van der Waals surface area contributed by atoms with Gasteiger partial charge in [-0.3, -0.25) is 4.98 Å². The van der Waals surface area contributed by atoms with Crippen molar-refractivity contribution in [3.8, 4) is 0 Å². The Bertz CT molecular complexity index is 634. The molecule has 0 spiro atoms. The summed E-state index contributed by atoms with van der Waals surface area (Å²) in [5.41, 5.74) is 1.68. The van der Waals surface area contributed by atoms with Gasteiger partial charge in [0, 0.05) is 22.4 Å². The summed E-state index contributed by atoms with van der Waals surface area (Å²) < 4.78 is 6.87. The maximum absolute atomic E-state index is 11.4. The standard InChI is InChI=1S/C18H20BrNO3.K/c1-12(2)10-16(18(21)22)23-17(14-4-3-9-20-11-14)13-5-7-15(19)8-6-13;/h3-9,11-12,16-17H,10H2,1-2H3,(H,21,22);/q;+1/p-1. The van der Waals surface area contributed by atoms with Crippen LogP contribution in [0.25, 0.3) is 0 Å². The second kappa shape index (κ2) is 10.8. The van der Waals surface area contributed by atoms with Gasteiger partial charge in [0.2, 0.25) is 0 Å². The number of rotatable bonds is 7. The number of hydrogen-bond acceptors (Lipinski definition) is 4. The number of aliphatic carboxylic acids is 1. The number of halogens is 1. The third-order valence-electron chi connectivity index (χ3n) is 3.41. The maximum Gasteiger partial charge on any atom is 1.00 e. The molecule has 6 heteroatoms. The molecule has 1 aromatic carbocycles. The molecule has 0 aliphatic rings. The van der Waals surface area contributed by atoms with E-state index in [-0.39, 0.29) is 57.3 Å². The van der Waals surface area contributed by atoms with Gasteiger partial charge in [0.25, 0.3) is 0 Å². The molecular formula is C18H19BrKNO3. The quantitative estimate of drug-likeness (QED) is 0.602. The van der Waals surface area contributed by atoms with E-state index in [9.17, 15) is 9.90 Å². The van der Waals surface area contributed by atoms with Gasteiger partial charge >= 0.3 is 51.4 Å². The molecule has 0 fully saturated rings. The molecule has 2 aromatic rings. The number of carboxylic acids is 1. The Morgan fingerprint density at radius 2 is 1.88 bits per heavy atom. The Balaban J connectivity index is 0.00000288. The molecule has 2 unspecified atom stereocenters. The Morgan fingerprint density at radius 3 is 2.38 bits per heavy atom. The number of benzene rings is 1. The molecule has 2 atom stereocenters. The smallest absolute Gasteiger partial charge is 0.547 e. The van der Waals surface area contributed by atoms with Gasteiger partial charge in [-0.25, -0.2) is 0 Å². The predicted octanol–water partition coefficient (Wildman–Crippen LogP) is 0.119. The summed E-state index contributed by atoms with van der Waals surface area (Å²) in [6.45, 7) is 3.91. The number of carboxylic acid groups (broad SMARTS) is 1. The van der Waals surface area contributed by atoms with Crippen LogP contribution in [0.1, 0.15) is 37.5 Å². The van der Waals surface area contributed by atoms with E-state index in [0.717, 1.165) is 15.6 Å². The van der Waals surface area contributed by atoms with E-state index in [2.05, 4.69) is 20.9 Å². The largest absolute Gasteiger partial charge is 1.00 e. The summed E-state index contributed by atoms with van der Waals surface area (Å²) in [5.74, 6) is -0.998. The first-order valence-corrected chi connectivity index (χ1v) is 8.28. The summed E-state index contributed by atoms with van der Waals surface area (Å²) in [4.78, 5) is 15.5. The van der Waals surface area contributed by atoms with E-state index in [1.165, 1.54) is 0 Å². The maximum atomic E-state index is 11.4. The summed E-state index contributed by atoms with van der Waals surface area (Å²) in [7, 11) is 0. The molecule has 0 aliphatic carbocycles.